The van der Waals surface area contributed by atoms with Gasteiger partial charge in [0.05, 0.1) is 6.61 Å². The van der Waals surface area contributed by atoms with E-state index in [0.29, 0.717) is 13.2 Å². The van der Waals surface area contributed by atoms with Gasteiger partial charge in [0.15, 0.2) is 6.10 Å². The van der Waals surface area contributed by atoms with Crippen molar-refractivity contribution in [2.75, 3.05) is 13.2 Å². The molecule has 1 aromatic carbocycles. The van der Waals surface area contributed by atoms with Crippen LogP contribution < -0.4 is 0 Å². The van der Waals surface area contributed by atoms with E-state index in [2.05, 4.69) is 0 Å². The first kappa shape index (κ1) is 9.93. The number of epoxide rings is 1. The molecule has 1 atom stereocenters. The molecule has 1 saturated heterocycles. The van der Waals surface area contributed by atoms with Gasteiger partial charge in [0.25, 0.3) is 0 Å². The largest absolute Gasteiger partial charge is 0.459 e. The predicted molar refractivity (Wildman–Crippen MR) is 56.2 cm³/mol. The van der Waals surface area contributed by atoms with Crippen molar-refractivity contribution < 1.29 is 14.3 Å². The van der Waals surface area contributed by atoms with Gasteiger partial charge in [0.1, 0.15) is 6.61 Å². The highest BCUT2D eigenvalue weighted by Gasteiger charge is 2.32. The highest BCUT2D eigenvalue weighted by Crippen LogP contribution is 2.10. The van der Waals surface area contributed by atoms with E-state index in [-0.39, 0.29) is 12.1 Å². The minimum absolute atomic E-state index is 0.271. The lowest BCUT2D eigenvalue weighted by molar-refractivity contribution is -0.143. The summed E-state index contributed by atoms with van der Waals surface area (Å²) in [6.45, 7) is 0.800. The molecule has 15 heavy (non-hydrogen) atoms. The first-order chi connectivity index (χ1) is 7.36. The lowest BCUT2D eigenvalue weighted by Crippen LogP contribution is -2.11. The molecular formula is C12H12O3. The summed E-state index contributed by atoms with van der Waals surface area (Å²) in [7, 11) is 0. The summed E-state index contributed by atoms with van der Waals surface area (Å²) in [4.78, 5) is 11.0. The second-order valence-corrected chi connectivity index (χ2v) is 3.27. The van der Waals surface area contributed by atoms with E-state index >= 15 is 0 Å². The van der Waals surface area contributed by atoms with Crippen molar-refractivity contribution >= 4 is 12.0 Å². The summed E-state index contributed by atoms with van der Waals surface area (Å²) >= 11 is 0. The Morgan fingerprint density at radius 1 is 1.47 bits per heavy atom. The number of hydrogen-bond donors (Lipinski definition) is 0. The molecule has 0 spiro atoms. The van der Waals surface area contributed by atoms with Crippen LogP contribution in [0.5, 0.6) is 0 Å². The van der Waals surface area contributed by atoms with Crippen LogP contribution in [-0.2, 0) is 14.3 Å². The normalized spacial score (nSPS) is 19.1. The summed E-state index contributed by atoms with van der Waals surface area (Å²) in [5, 5.41) is 0. The molecule has 0 aromatic heterocycles. The summed E-state index contributed by atoms with van der Waals surface area (Å²) in [5.41, 5.74) is 1.09. The Bertz CT molecular complexity index is 352. The number of esters is 1. The molecule has 1 heterocycles. The van der Waals surface area contributed by atoms with Crippen LogP contribution in [0.1, 0.15) is 5.56 Å². The maximum absolute atomic E-state index is 11.0. The van der Waals surface area contributed by atoms with E-state index in [1.165, 1.54) is 0 Å². The van der Waals surface area contributed by atoms with Gasteiger partial charge in [-0.3, -0.25) is 0 Å². The lowest BCUT2D eigenvalue weighted by atomic mass is 10.2. The van der Waals surface area contributed by atoms with Crippen molar-refractivity contribution in [2.24, 2.45) is 0 Å². The van der Waals surface area contributed by atoms with Gasteiger partial charge in [0, 0.05) is 0 Å². The van der Waals surface area contributed by atoms with Crippen LogP contribution in [-0.4, -0.2) is 25.3 Å². The van der Waals surface area contributed by atoms with Crippen LogP contribution >= 0.6 is 0 Å². The Kier molecular flexibility index (Phi) is 3.15. The molecule has 1 unspecified atom stereocenters. The number of carbonyl (C=O) groups is 1. The molecular weight excluding hydrogens is 192 g/mol. The van der Waals surface area contributed by atoms with E-state index in [9.17, 15) is 4.79 Å². The van der Waals surface area contributed by atoms with Gasteiger partial charge in [-0.15, -0.1) is 0 Å². The number of hydrogen-bond acceptors (Lipinski definition) is 3. The molecule has 3 heteroatoms. The molecule has 3 nitrogen and oxygen atoms in total. The van der Waals surface area contributed by atoms with E-state index < -0.39 is 0 Å². The minimum atomic E-state index is -0.310. The number of carbonyl (C=O) groups excluding carboxylic acids is 1. The van der Waals surface area contributed by atoms with Crippen LogP contribution in [0.4, 0.5) is 0 Å². The van der Waals surface area contributed by atoms with Gasteiger partial charge in [-0.1, -0.05) is 36.4 Å². The summed E-state index contributed by atoms with van der Waals surface area (Å²) in [6, 6.07) is 9.86. The Labute approximate surface area is 88.3 Å². The van der Waals surface area contributed by atoms with Gasteiger partial charge >= 0.3 is 5.97 Å². The van der Waals surface area contributed by atoms with Crippen LogP contribution in [0.25, 0.3) is 6.08 Å². The van der Waals surface area contributed by atoms with Gasteiger partial charge in [-0.05, 0) is 11.6 Å². The molecule has 0 saturated carbocycles. The van der Waals surface area contributed by atoms with Crippen molar-refractivity contribution in [3.05, 3.63) is 42.0 Å². The molecule has 1 aliphatic heterocycles. The Hall–Kier alpha value is -1.61. The molecule has 1 aliphatic rings. The van der Waals surface area contributed by atoms with Crippen molar-refractivity contribution in [1.29, 1.82) is 0 Å². The van der Waals surface area contributed by atoms with Gasteiger partial charge in [-0.2, -0.15) is 0 Å². The maximum atomic E-state index is 11.0. The quantitative estimate of drug-likeness (QED) is 0.553. The first-order valence-electron chi connectivity index (χ1n) is 4.86. The summed E-state index contributed by atoms with van der Waals surface area (Å²) in [5.74, 6) is -0.271. The molecule has 0 N–H and O–H groups in total. The van der Waals surface area contributed by atoms with E-state index in [0.717, 1.165) is 5.56 Å². The molecule has 78 valence electrons. The smallest absolute Gasteiger partial charge is 0.338 e. The molecule has 0 aliphatic carbocycles. The SMILES string of the molecule is O=C(OC/C=C/c1ccccc1)C1CO1. The fourth-order valence-electron chi connectivity index (χ4n) is 1.16. The van der Waals surface area contributed by atoms with Gasteiger partial charge in [-0.25, -0.2) is 4.79 Å². The second kappa shape index (κ2) is 4.75. The highest BCUT2D eigenvalue weighted by molar-refractivity contribution is 5.77. The molecule has 1 aromatic rings. The summed E-state index contributed by atoms with van der Waals surface area (Å²) < 4.78 is 9.72. The Morgan fingerprint density at radius 2 is 2.20 bits per heavy atom. The van der Waals surface area contributed by atoms with Crippen LogP contribution in [0.2, 0.25) is 0 Å². The molecule has 1 fully saturated rings. The first-order valence-corrected chi connectivity index (χ1v) is 4.86. The lowest BCUT2D eigenvalue weighted by Gasteiger charge is -1.97. The second-order valence-electron chi connectivity index (χ2n) is 3.27. The predicted octanol–water partition coefficient (Wildman–Crippen LogP) is 1.64. The zero-order valence-corrected chi connectivity index (χ0v) is 8.26. The van der Waals surface area contributed by atoms with Crippen molar-refractivity contribution in [3.63, 3.8) is 0 Å². The van der Waals surface area contributed by atoms with Crippen molar-refractivity contribution in [2.45, 2.75) is 6.10 Å². The fourth-order valence-corrected chi connectivity index (χ4v) is 1.16. The Balaban J connectivity index is 1.73. The standard InChI is InChI=1S/C12H12O3/c13-12(11-9-15-11)14-8-4-7-10-5-2-1-3-6-10/h1-7,11H,8-9H2/b7-4+. The average molecular weight is 204 g/mol. The number of benzene rings is 1. The van der Waals surface area contributed by atoms with Crippen LogP contribution in [0, 0.1) is 0 Å². The van der Waals surface area contributed by atoms with E-state index in [1.807, 2.05) is 42.5 Å². The third-order valence-corrected chi connectivity index (χ3v) is 2.03. The fraction of sp³-hybridized carbons (Fsp3) is 0.250. The summed E-state index contributed by atoms with van der Waals surface area (Å²) in [6.07, 6.45) is 3.42. The van der Waals surface area contributed by atoms with E-state index in [4.69, 9.17) is 9.47 Å². The molecule has 0 bridgehead atoms. The van der Waals surface area contributed by atoms with Gasteiger partial charge in [0.2, 0.25) is 0 Å². The number of ether oxygens (including phenoxy) is 2. The zero-order valence-electron chi connectivity index (χ0n) is 8.26. The van der Waals surface area contributed by atoms with E-state index in [1.54, 1.807) is 0 Å². The highest BCUT2D eigenvalue weighted by atomic mass is 16.6. The topological polar surface area (TPSA) is 38.8 Å². The minimum Gasteiger partial charge on any atom is -0.459 e. The number of rotatable bonds is 4. The average Bonchev–Trinajstić information content (AvgIpc) is 3.09. The van der Waals surface area contributed by atoms with Crippen LogP contribution in [0.3, 0.4) is 0 Å². The maximum Gasteiger partial charge on any atom is 0.338 e. The third kappa shape index (κ3) is 3.22. The van der Waals surface area contributed by atoms with Crippen molar-refractivity contribution in [1.82, 2.24) is 0 Å². The van der Waals surface area contributed by atoms with Crippen molar-refractivity contribution in [3.8, 4) is 0 Å². The zero-order chi connectivity index (χ0) is 10.5. The Morgan fingerprint density at radius 3 is 2.87 bits per heavy atom. The molecule has 0 radical (unpaired) electrons. The van der Waals surface area contributed by atoms with Crippen LogP contribution in [0.15, 0.2) is 36.4 Å². The monoisotopic (exact) mass is 204 g/mol. The molecule has 0 amide bonds. The molecule has 2 rings (SSSR count). The van der Waals surface area contributed by atoms with Gasteiger partial charge < -0.3 is 9.47 Å². The third-order valence-electron chi connectivity index (χ3n) is 2.03.